The van der Waals surface area contributed by atoms with Crippen LogP contribution >= 0.6 is 11.6 Å². The Labute approximate surface area is 103 Å². The first-order chi connectivity index (χ1) is 8.08. The molecular formula is C10H13ClN4O2. The summed E-state index contributed by atoms with van der Waals surface area (Å²) >= 11 is 5.85. The van der Waals surface area contributed by atoms with Crippen molar-refractivity contribution < 1.29 is 4.79 Å². The second-order valence-corrected chi connectivity index (χ2v) is 4.46. The number of aromatic nitrogens is 2. The molecule has 1 aliphatic rings. The molecule has 1 aromatic heterocycles. The van der Waals surface area contributed by atoms with Gasteiger partial charge >= 0.3 is 0 Å². The van der Waals surface area contributed by atoms with E-state index < -0.39 is 5.56 Å². The highest BCUT2D eigenvalue weighted by Crippen LogP contribution is 2.19. The maximum Gasteiger partial charge on any atom is 0.285 e. The van der Waals surface area contributed by atoms with Gasteiger partial charge in [-0.3, -0.25) is 9.59 Å². The van der Waals surface area contributed by atoms with E-state index in [1.807, 2.05) is 0 Å². The second kappa shape index (κ2) is 4.75. The molecule has 1 saturated heterocycles. The van der Waals surface area contributed by atoms with Crippen LogP contribution in [0.2, 0.25) is 5.02 Å². The molecule has 7 heteroatoms. The molecule has 1 amide bonds. The summed E-state index contributed by atoms with van der Waals surface area (Å²) in [4.78, 5) is 24.2. The normalized spacial score (nSPS) is 20.5. The van der Waals surface area contributed by atoms with Gasteiger partial charge in [0.2, 0.25) is 5.91 Å². The second-order valence-electron chi connectivity index (χ2n) is 4.08. The number of carbonyl (C=O) groups excluding carboxylic acids is 1. The first-order valence-corrected chi connectivity index (χ1v) is 5.69. The fourth-order valence-electron chi connectivity index (χ4n) is 1.83. The number of amides is 1. The van der Waals surface area contributed by atoms with Gasteiger partial charge in [0.15, 0.2) is 0 Å². The van der Waals surface area contributed by atoms with Gasteiger partial charge in [0.05, 0.1) is 11.9 Å². The molecule has 1 aromatic rings. The van der Waals surface area contributed by atoms with Crippen LogP contribution in [-0.4, -0.2) is 40.6 Å². The van der Waals surface area contributed by atoms with Crippen LogP contribution in [0.15, 0.2) is 11.0 Å². The van der Waals surface area contributed by atoms with Crippen LogP contribution in [0.4, 0.5) is 5.69 Å². The highest BCUT2D eigenvalue weighted by Gasteiger charge is 2.23. The SMILES string of the molecule is CN1CC(Nc2cn[nH]c(=O)c2Cl)CCC1=O. The number of H-pyrrole nitrogens is 1. The highest BCUT2D eigenvalue weighted by molar-refractivity contribution is 6.32. The van der Waals surface area contributed by atoms with Crippen molar-refractivity contribution in [1.29, 1.82) is 0 Å². The molecule has 0 bridgehead atoms. The minimum atomic E-state index is -0.420. The number of likely N-dealkylation sites (N-methyl/N-ethyl adjacent to an activating group) is 1. The van der Waals surface area contributed by atoms with Gasteiger partial charge in [-0.1, -0.05) is 11.6 Å². The summed E-state index contributed by atoms with van der Waals surface area (Å²) in [5.74, 6) is 0.137. The Morgan fingerprint density at radius 2 is 2.35 bits per heavy atom. The summed E-state index contributed by atoms with van der Waals surface area (Å²) in [6, 6.07) is 0.0961. The zero-order chi connectivity index (χ0) is 12.4. The highest BCUT2D eigenvalue weighted by atomic mass is 35.5. The Kier molecular flexibility index (Phi) is 3.33. The van der Waals surface area contributed by atoms with Crippen LogP contribution in [0.25, 0.3) is 0 Å². The number of anilines is 1. The lowest BCUT2D eigenvalue weighted by molar-refractivity contribution is -0.132. The van der Waals surface area contributed by atoms with Crippen molar-refractivity contribution in [2.45, 2.75) is 18.9 Å². The number of likely N-dealkylation sites (tertiary alicyclic amines) is 1. The van der Waals surface area contributed by atoms with E-state index in [2.05, 4.69) is 15.5 Å². The van der Waals surface area contributed by atoms with Crippen molar-refractivity contribution >= 4 is 23.2 Å². The predicted molar refractivity (Wildman–Crippen MR) is 64.1 cm³/mol. The zero-order valence-corrected chi connectivity index (χ0v) is 10.1. The van der Waals surface area contributed by atoms with Gasteiger partial charge in [-0.25, -0.2) is 5.10 Å². The van der Waals surface area contributed by atoms with Crippen molar-refractivity contribution in [3.05, 3.63) is 21.6 Å². The Morgan fingerprint density at radius 1 is 1.59 bits per heavy atom. The summed E-state index contributed by atoms with van der Waals surface area (Å²) in [5.41, 5.74) is 0.0834. The summed E-state index contributed by atoms with van der Waals surface area (Å²) in [6.07, 6.45) is 2.70. The van der Waals surface area contributed by atoms with E-state index in [1.165, 1.54) is 6.20 Å². The van der Waals surface area contributed by atoms with E-state index >= 15 is 0 Å². The Morgan fingerprint density at radius 3 is 3.06 bits per heavy atom. The number of rotatable bonds is 2. The number of nitrogens with one attached hydrogen (secondary N) is 2. The van der Waals surface area contributed by atoms with Crippen molar-refractivity contribution in [2.24, 2.45) is 0 Å². The molecule has 1 aliphatic heterocycles. The first-order valence-electron chi connectivity index (χ1n) is 5.31. The summed E-state index contributed by atoms with van der Waals surface area (Å²) in [7, 11) is 1.76. The molecule has 1 fully saturated rings. The lowest BCUT2D eigenvalue weighted by Gasteiger charge is -2.30. The average Bonchev–Trinajstić information content (AvgIpc) is 2.30. The number of aromatic amines is 1. The van der Waals surface area contributed by atoms with E-state index in [-0.39, 0.29) is 17.0 Å². The fourth-order valence-corrected chi connectivity index (χ4v) is 1.98. The quantitative estimate of drug-likeness (QED) is 0.806. The van der Waals surface area contributed by atoms with Crippen LogP contribution < -0.4 is 10.9 Å². The summed E-state index contributed by atoms with van der Waals surface area (Å²) in [6.45, 7) is 0.599. The average molecular weight is 257 g/mol. The number of piperidine rings is 1. The molecule has 0 spiro atoms. The van der Waals surface area contributed by atoms with E-state index in [0.717, 1.165) is 6.42 Å². The molecule has 0 aromatic carbocycles. The number of halogens is 1. The van der Waals surface area contributed by atoms with E-state index in [4.69, 9.17) is 11.6 Å². The standard InChI is InChI=1S/C10H13ClN4O2/c1-15-5-6(2-3-8(15)16)13-7-4-12-14-10(17)9(7)11/h4,6H,2-3,5H2,1H3,(H2,13,14,17). The number of carbonyl (C=O) groups is 1. The molecule has 2 N–H and O–H groups in total. The molecule has 1 atom stereocenters. The Hall–Kier alpha value is -1.56. The van der Waals surface area contributed by atoms with Gasteiger partial charge in [0.1, 0.15) is 5.02 Å². The molecular weight excluding hydrogens is 244 g/mol. The van der Waals surface area contributed by atoms with Crippen LogP contribution in [-0.2, 0) is 4.79 Å². The van der Waals surface area contributed by atoms with E-state index in [0.29, 0.717) is 18.7 Å². The molecule has 1 unspecified atom stereocenters. The van der Waals surface area contributed by atoms with Crippen LogP contribution in [0.1, 0.15) is 12.8 Å². The van der Waals surface area contributed by atoms with E-state index in [9.17, 15) is 9.59 Å². The van der Waals surface area contributed by atoms with Gasteiger partial charge in [-0.05, 0) is 6.42 Å². The number of nitrogens with zero attached hydrogens (tertiary/aromatic N) is 2. The van der Waals surface area contributed by atoms with Crippen molar-refractivity contribution in [3.8, 4) is 0 Å². The van der Waals surface area contributed by atoms with Gasteiger partial charge in [0.25, 0.3) is 5.56 Å². The molecule has 0 saturated carbocycles. The molecule has 0 radical (unpaired) electrons. The van der Waals surface area contributed by atoms with Crippen LogP contribution in [0, 0.1) is 0 Å². The maximum absolute atomic E-state index is 11.3. The third-order valence-electron chi connectivity index (χ3n) is 2.78. The third kappa shape index (κ3) is 2.58. The lowest BCUT2D eigenvalue weighted by Crippen LogP contribution is -2.43. The summed E-state index contributed by atoms with van der Waals surface area (Å²) in [5, 5.41) is 9.16. The van der Waals surface area contributed by atoms with Crippen LogP contribution in [0.3, 0.4) is 0 Å². The van der Waals surface area contributed by atoms with Gasteiger partial charge in [0, 0.05) is 26.1 Å². The van der Waals surface area contributed by atoms with Crippen molar-refractivity contribution in [2.75, 3.05) is 18.9 Å². The van der Waals surface area contributed by atoms with Gasteiger partial charge < -0.3 is 10.2 Å². The smallest absolute Gasteiger partial charge is 0.285 e. The minimum Gasteiger partial charge on any atom is -0.378 e. The number of hydrogen-bond donors (Lipinski definition) is 2. The molecule has 92 valence electrons. The monoisotopic (exact) mass is 256 g/mol. The molecule has 2 heterocycles. The van der Waals surface area contributed by atoms with E-state index in [1.54, 1.807) is 11.9 Å². The first kappa shape index (κ1) is 11.9. The van der Waals surface area contributed by atoms with Crippen LogP contribution in [0.5, 0.6) is 0 Å². The zero-order valence-electron chi connectivity index (χ0n) is 9.36. The molecule has 2 rings (SSSR count). The predicted octanol–water partition coefficient (Wildman–Crippen LogP) is 0.456. The molecule has 0 aliphatic carbocycles. The molecule has 6 nitrogen and oxygen atoms in total. The van der Waals surface area contributed by atoms with Crippen molar-refractivity contribution in [1.82, 2.24) is 15.1 Å². The minimum absolute atomic E-state index is 0.0961. The van der Waals surface area contributed by atoms with Gasteiger partial charge in [-0.15, -0.1) is 0 Å². The summed E-state index contributed by atoms with van der Waals surface area (Å²) < 4.78 is 0. The van der Waals surface area contributed by atoms with Crippen molar-refractivity contribution in [3.63, 3.8) is 0 Å². The maximum atomic E-state index is 11.3. The lowest BCUT2D eigenvalue weighted by atomic mass is 10.1. The number of hydrogen-bond acceptors (Lipinski definition) is 4. The topological polar surface area (TPSA) is 78.1 Å². The largest absolute Gasteiger partial charge is 0.378 e. The van der Waals surface area contributed by atoms with Gasteiger partial charge in [-0.2, -0.15) is 5.10 Å². The fraction of sp³-hybridized carbons (Fsp3) is 0.500. The third-order valence-corrected chi connectivity index (χ3v) is 3.16. The Balaban J connectivity index is 2.09. The molecule has 17 heavy (non-hydrogen) atoms. The Bertz CT molecular complexity index is 487.